The van der Waals surface area contributed by atoms with Crippen LogP contribution in [0.5, 0.6) is 0 Å². The summed E-state index contributed by atoms with van der Waals surface area (Å²) in [5.74, 6) is 0. The van der Waals surface area contributed by atoms with E-state index in [0.717, 1.165) is 5.56 Å². The second-order valence-electron chi connectivity index (χ2n) is 2.01. The smallest absolute Gasteiger partial charge is 0.240 e. The summed E-state index contributed by atoms with van der Waals surface area (Å²) in [6, 6.07) is 7.04. The molecule has 4 heteroatoms. The molecule has 0 aliphatic rings. The maximum Gasteiger partial charge on any atom is 0.240 e. The number of benzene rings is 1. The van der Waals surface area contributed by atoms with Gasteiger partial charge in [0.25, 0.3) is 0 Å². The Morgan fingerprint density at radius 2 is 2.08 bits per heavy atom. The summed E-state index contributed by atoms with van der Waals surface area (Å²) in [6.45, 7) is 0.140. The van der Waals surface area contributed by atoms with Gasteiger partial charge in [-0.1, -0.05) is 18.2 Å². The predicted molar refractivity (Wildman–Crippen MR) is 42.2 cm³/mol. The van der Waals surface area contributed by atoms with Gasteiger partial charge in [-0.15, -0.1) is 6.54 Å². The first-order valence-electron chi connectivity index (χ1n) is 3.19. The van der Waals surface area contributed by atoms with Crippen molar-refractivity contribution in [2.24, 2.45) is 4.99 Å². The van der Waals surface area contributed by atoms with E-state index in [2.05, 4.69) is 4.99 Å². The average molecular weight is 310 g/mol. The first-order chi connectivity index (χ1) is 5.38. The molecule has 0 spiro atoms. The summed E-state index contributed by atoms with van der Waals surface area (Å²) in [4.78, 5) is 13.3. The predicted octanol–water partition coefficient (Wildman–Crippen LogP) is 2.21. The molecule has 0 heterocycles. The average Bonchev–Trinajstić information content (AvgIpc) is 2.06. The molecule has 0 aliphatic carbocycles. The number of hydrogen-bond acceptors (Lipinski definition) is 2. The standard InChI is InChI=1S/C8H7N2O.Dy/c9-5-7-3-1-2-4-8(7)10-6-11;/h1-4,9H,5H2;/q-1;. The SMILES string of the molecule is [Dy].[NH-]Cc1ccccc1N=C=O. The van der Waals surface area contributed by atoms with E-state index < -0.39 is 0 Å². The van der Waals surface area contributed by atoms with Crippen LogP contribution in [0.4, 0.5) is 5.69 Å². The Morgan fingerprint density at radius 1 is 1.42 bits per heavy atom. The quantitative estimate of drug-likeness (QED) is 0.610. The Bertz CT molecular complexity index is 295. The third kappa shape index (κ3) is 3.06. The van der Waals surface area contributed by atoms with E-state index in [0.29, 0.717) is 5.69 Å². The van der Waals surface area contributed by atoms with Crippen LogP contribution in [0, 0.1) is 38.2 Å². The van der Waals surface area contributed by atoms with Gasteiger partial charge in [0.05, 0.1) is 5.69 Å². The fourth-order valence-electron chi connectivity index (χ4n) is 0.819. The van der Waals surface area contributed by atoms with Crippen LogP contribution in [-0.4, -0.2) is 6.08 Å². The van der Waals surface area contributed by atoms with E-state index in [1.165, 1.54) is 6.08 Å². The molecule has 0 unspecified atom stereocenters. The summed E-state index contributed by atoms with van der Waals surface area (Å²) >= 11 is 0. The van der Waals surface area contributed by atoms with Crippen LogP contribution in [0.2, 0.25) is 0 Å². The Morgan fingerprint density at radius 3 is 2.67 bits per heavy atom. The Hall–Kier alpha value is -0.167. The van der Waals surface area contributed by atoms with Crippen molar-refractivity contribution in [3.8, 4) is 0 Å². The number of carbonyl (C=O) groups excluding carboxylic acids is 1. The van der Waals surface area contributed by atoms with E-state index >= 15 is 0 Å². The number of nitrogens with zero attached hydrogens (tertiary/aromatic N) is 1. The summed E-state index contributed by atoms with van der Waals surface area (Å²) in [5, 5.41) is 0. The van der Waals surface area contributed by atoms with Gasteiger partial charge in [-0.05, 0) is 11.6 Å². The summed E-state index contributed by atoms with van der Waals surface area (Å²) in [6.07, 6.45) is 1.45. The van der Waals surface area contributed by atoms with Crippen molar-refractivity contribution in [2.45, 2.75) is 6.54 Å². The Balaban J connectivity index is 0.00000121. The van der Waals surface area contributed by atoms with E-state index in [1.807, 2.05) is 6.07 Å². The molecule has 0 bridgehead atoms. The first-order valence-corrected chi connectivity index (χ1v) is 3.19. The van der Waals surface area contributed by atoms with Crippen molar-refractivity contribution in [3.63, 3.8) is 0 Å². The fourth-order valence-corrected chi connectivity index (χ4v) is 0.819. The minimum atomic E-state index is 0. The van der Waals surface area contributed by atoms with Crippen molar-refractivity contribution in [2.75, 3.05) is 0 Å². The topological polar surface area (TPSA) is 53.2 Å². The van der Waals surface area contributed by atoms with Gasteiger partial charge in [0.1, 0.15) is 0 Å². The molecule has 0 amide bonds. The maximum absolute atomic E-state index is 9.89. The van der Waals surface area contributed by atoms with Crippen LogP contribution in [0.25, 0.3) is 5.73 Å². The largest absolute Gasteiger partial charge is 0.674 e. The van der Waals surface area contributed by atoms with E-state index in [-0.39, 0.29) is 44.7 Å². The maximum atomic E-state index is 9.89. The molecule has 3 nitrogen and oxygen atoms in total. The zero-order valence-electron chi connectivity index (χ0n) is 6.19. The van der Waals surface area contributed by atoms with Crippen LogP contribution >= 0.6 is 0 Å². The molecular formula is C8H7DyN2O-. The molecule has 1 rings (SSSR count). The van der Waals surface area contributed by atoms with Gasteiger partial charge in [0, 0.05) is 38.2 Å². The molecule has 12 heavy (non-hydrogen) atoms. The van der Waals surface area contributed by atoms with Crippen molar-refractivity contribution >= 4 is 11.8 Å². The molecule has 0 radical (unpaired) electrons. The van der Waals surface area contributed by atoms with Gasteiger partial charge in [0.2, 0.25) is 6.08 Å². The molecule has 0 aromatic heterocycles. The van der Waals surface area contributed by atoms with Crippen LogP contribution < -0.4 is 0 Å². The fraction of sp³-hybridized carbons (Fsp3) is 0.125. The van der Waals surface area contributed by atoms with Crippen LogP contribution in [0.1, 0.15) is 5.56 Å². The monoisotopic (exact) mass is 311 g/mol. The minimum absolute atomic E-state index is 0. The molecule has 0 saturated heterocycles. The molecule has 66 valence electrons. The van der Waals surface area contributed by atoms with Crippen molar-refractivity contribution in [1.29, 1.82) is 0 Å². The van der Waals surface area contributed by atoms with Crippen LogP contribution in [0.15, 0.2) is 29.3 Å². The number of rotatable bonds is 2. The molecule has 1 aromatic rings. The summed E-state index contributed by atoms with van der Waals surface area (Å²) in [5.41, 5.74) is 8.36. The molecule has 0 aliphatic heterocycles. The van der Waals surface area contributed by atoms with Gasteiger partial charge in [-0.2, -0.15) is 4.99 Å². The molecular weight excluding hydrogens is 303 g/mol. The van der Waals surface area contributed by atoms with E-state index in [4.69, 9.17) is 5.73 Å². The number of isocyanates is 1. The zero-order chi connectivity index (χ0) is 8.10. The number of nitrogens with one attached hydrogen (secondary N) is 1. The summed E-state index contributed by atoms with van der Waals surface area (Å²) < 4.78 is 0. The van der Waals surface area contributed by atoms with Crippen molar-refractivity contribution in [3.05, 3.63) is 35.6 Å². The van der Waals surface area contributed by atoms with Gasteiger partial charge in [0.15, 0.2) is 0 Å². The van der Waals surface area contributed by atoms with Crippen molar-refractivity contribution < 1.29 is 43.0 Å². The number of aliphatic imine (C=N–C) groups is 1. The second-order valence-corrected chi connectivity index (χ2v) is 2.01. The molecule has 1 N–H and O–H groups in total. The van der Waals surface area contributed by atoms with Gasteiger partial charge in [-0.25, -0.2) is 4.79 Å². The zero-order valence-corrected chi connectivity index (χ0v) is 8.22. The van der Waals surface area contributed by atoms with Crippen LogP contribution in [-0.2, 0) is 11.3 Å². The van der Waals surface area contributed by atoms with Crippen molar-refractivity contribution in [1.82, 2.24) is 0 Å². The Kier molecular flexibility index (Phi) is 6.27. The molecule has 0 saturated carbocycles. The van der Waals surface area contributed by atoms with E-state index in [9.17, 15) is 4.79 Å². The second kappa shape index (κ2) is 6.36. The first kappa shape index (κ1) is 11.8. The van der Waals surface area contributed by atoms with Gasteiger partial charge < -0.3 is 5.73 Å². The number of para-hydroxylation sites is 1. The van der Waals surface area contributed by atoms with E-state index in [1.54, 1.807) is 18.2 Å². The van der Waals surface area contributed by atoms with Crippen LogP contribution in [0.3, 0.4) is 0 Å². The molecule has 0 atom stereocenters. The molecule has 0 fully saturated rings. The minimum Gasteiger partial charge on any atom is -0.674 e. The molecule has 1 aromatic carbocycles. The Labute approximate surface area is 101 Å². The normalized spacial score (nSPS) is 8.08. The third-order valence-corrected chi connectivity index (χ3v) is 1.35. The van der Waals surface area contributed by atoms with Gasteiger partial charge >= 0.3 is 0 Å². The third-order valence-electron chi connectivity index (χ3n) is 1.35. The summed E-state index contributed by atoms with van der Waals surface area (Å²) in [7, 11) is 0. The van der Waals surface area contributed by atoms with Gasteiger partial charge in [-0.3, -0.25) is 0 Å². The number of hydrogen-bond donors (Lipinski definition) is 0.